The van der Waals surface area contributed by atoms with Crippen molar-refractivity contribution in [2.45, 2.75) is 26.3 Å². The van der Waals surface area contributed by atoms with Gasteiger partial charge in [0.2, 0.25) is 5.91 Å². The summed E-state index contributed by atoms with van der Waals surface area (Å²) in [4.78, 5) is 42.5. The van der Waals surface area contributed by atoms with E-state index in [0.717, 1.165) is 18.2 Å². The highest BCUT2D eigenvalue weighted by Gasteiger charge is 2.43. The van der Waals surface area contributed by atoms with E-state index in [2.05, 4.69) is 5.32 Å². The number of fused-ring (bicyclic) bond motifs is 1. The van der Waals surface area contributed by atoms with Crippen LogP contribution in [0.1, 0.15) is 25.8 Å². The first-order valence-corrected chi connectivity index (χ1v) is 11.7. The Hall–Kier alpha value is -2.68. The van der Waals surface area contributed by atoms with E-state index < -0.39 is 5.91 Å². The minimum absolute atomic E-state index is 0.0630. The Morgan fingerprint density at radius 3 is 2.62 bits per heavy atom. The van der Waals surface area contributed by atoms with Crippen molar-refractivity contribution >= 4 is 74.6 Å². The van der Waals surface area contributed by atoms with Crippen LogP contribution in [0.3, 0.4) is 0 Å². The first-order chi connectivity index (χ1) is 15.3. The van der Waals surface area contributed by atoms with Crippen LogP contribution in [0.5, 0.6) is 0 Å². The minimum atomic E-state index is -0.392. The van der Waals surface area contributed by atoms with Crippen molar-refractivity contribution in [3.05, 3.63) is 64.0 Å². The number of anilines is 2. The quantitative estimate of drug-likeness (QED) is 0.491. The molecule has 2 heterocycles. The Morgan fingerprint density at radius 2 is 1.91 bits per heavy atom. The normalized spacial score (nSPS) is 18.9. The molecule has 1 unspecified atom stereocenters. The molecule has 0 spiro atoms. The number of amides is 3. The van der Waals surface area contributed by atoms with Crippen LogP contribution >= 0.6 is 35.6 Å². The molecular weight excluding hydrogens is 466 g/mol. The van der Waals surface area contributed by atoms with Crippen molar-refractivity contribution in [3.63, 3.8) is 0 Å². The zero-order chi connectivity index (χ0) is 23.0. The maximum absolute atomic E-state index is 13.4. The van der Waals surface area contributed by atoms with E-state index in [9.17, 15) is 14.4 Å². The average molecular weight is 486 g/mol. The van der Waals surface area contributed by atoms with Crippen LogP contribution in [0, 0.1) is 0 Å². The van der Waals surface area contributed by atoms with Crippen molar-refractivity contribution in [2.24, 2.45) is 0 Å². The predicted molar refractivity (Wildman–Crippen MR) is 133 cm³/mol. The van der Waals surface area contributed by atoms with E-state index in [4.69, 9.17) is 23.8 Å². The van der Waals surface area contributed by atoms with Gasteiger partial charge in [-0.25, -0.2) is 0 Å². The number of nitrogens with zero attached hydrogens (tertiary/aromatic N) is 2. The van der Waals surface area contributed by atoms with Crippen LogP contribution < -0.4 is 10.2 Å². The summed E-state index contributed by atoms with van der Waals surface area (Å²) >= 11 is 12.5. The van der Waals surface area contributed by atoms with Crippen molar-refractivity contribution in [3.8, 4) is 0 Å². The van der Waals surface area contributed by atoms with Crippen LogP contribution in [0.25, 0.3) is 5.57 Å². The summed E-state index contributed by atoms with van der Waals surface area (Å²) in [7, 11) is 0. The van der Waals surface area contributed by atoms with Crippen LogP contribution in [-0.2, 0) is 14.4 Å². The van der Waals surface area contributed by atoms with Gasteiger partial charge in [-0.3, -0.25) is 24.2 Å². The predicted octanol–water partition coefficient (Wildman–Crippen LogP) is 4.70. The van der Waals surface area contributed by atoms with Crippen molar-refractivity contribution < 1.29 is 14.4 Å². The fourth-order valence-corrected chi connectivity index (χ4v) is 5.38. The lowest BCUT2D eigenvalue weighted by molar-refractivity contribution is -0.123. The van der Waals surface area contributed by atoms with Gasteiger partial charge in [-0.15, -0.1) is 0 Å². The molecule has 32 heavy (non-hydrogen) atoms. The number of halogens is 1. The monoisotopic (exact) mass is 485 g/mol. The smallest absolute Gasteiger partial charge is 0.267 e. The summed E-state index contributed by atoms with van der Waals surface area (Å²) in [5.41, 5.74) is 2.04. The van der Waals surface area contributed by atoms with Gasteiger partial charge in [0, 0.05) is 22.3 Å². The highest BCUT2D eigenvalue weighted by molar-refractivity contribution is 8.26. The molecule has 1 saturated heterocycles. The second-order valence-corrected chi connectivity index (χ2v) is 9.55. The second-order valence-electron chi connectivity index (χ2n) is 7.47. The molecule has 1 atom stereocenters. The van der Waals surface area contributed by atoms with Gasteiger partial charge in [0.25, 0.3) is 11.8 Å². The topological polar surface area (TPSA) is 69.7 Å². The van der Waals surface area contributed by atoms with Gasteiger partial charge in [-0.2, -0.15) is 0 Å². The third-order valence-electron chi connectivity index (χ3n) is 5.39. The highest BCUT2D eigenvalue weighted by Crippen LogP contribution is 2.45. The molecule has 164 valence electrons. The molecule has 2 aromatic rings. The van der Waals surface area contributed by atoms with E-state index in [1.807, 2.05) is 13.8 Å². The second kappa shape index (κ2) is 9.05. The molecule has 0 radical (unpaired) electrons. The number of hydrogen-bond acceptors (Lipinski definition) is 5. The Morgan fingerprint density at radius 1 is 1.16 bits per heavy atom. The molecule has 0 saturated carbocycles. The molecule has 9 heteroatoms. The molecule has 2 aromatic carbocycles. The standard InChI is InChI=1S/C23H20ClN3O3S2/c1-3-13(2)27-22(30)20(32-23(27)31)19-16-9-4-5-10-17(16)26(21(19)29)12-18(28)25-15-8-6-7-14(24)11-15/h4-11,13H,3,12H2,1-2H3,(H,25,28)/b20-19-. The summed E-state index contributed by atoms with van der Waals surface area (Å²) in [5, 5.41) is 3.25. The molecule has 0 aromatic heterocycles. The molecule has 1 N–H and O–H groups in total. The van der Waals surface area contributed by atoms with Crippen molar-refractivity contribution in [1.29, 1.82) is 0 Å². The zero-order valence-electron chi connectivity index (χ0n) is 17.4. The molecule has 2 aliphatic heterocycles. The third-order valence-corrected chi connectivity index (χ3v) is 7.03. The number of nitrogens with one attached hydrogen (secondary N) is 1. The van der Waals surface area contributed by atoms with E-state index in [-0.39, 0.29) is 24.4 Å². The van der Waals surface area contributed by atoms with Gasteiger partial charge in [-0.05, 0) is 37.6 Å². The van der Waals surface area contributed by atoms with E-state index >= 15 is 0 Å². The molecule has 6 nitrogen and oxygen atoms in total. The lowest BCUT2D eigenvalue weighted by Gasteiger charge is -2.21. The zero-order valence-corrected chi connectivity index (χ0v) is 19.8. The maximum atomic E-state index is 13.4. The summed E-state index contributed by atoms with van der Waals surface area (Å²) < 4.78 is 0.439. The third kappa shape index (κ3) is 4.05. The summed E-state index contributed by atoms with van der Waals surface area (Å²) in [6, 6.07) is 13.9. The number of para-hydroxylation sites is 1. The fourth-order valence-electron chi connectivity index (χ4n) is 3.66. The van der Waals surface area contributed by atoms with Crippen molar-refractivity contribution in [2.75, 3.05) is 16.8 Å². The lowest BCUT2D eigenvalue weighted by Crippen LogP contribution is -2.37. The number of rotatable bonds is 5. The van der Waals surface area contributed by atoms with Crippen molar-refractivity contribution in [1.82, 2.24) is 4.90 Å². The van der Waals surface area contributed by atoms with Crippen LogP contribution in [0.2, 0.25) is 5.02 Å². The molecule has 4 rings (SSSR count). The number of hydrogen-bond donors (Lipinski definition) is 1. The van der Waals surface area contributed by atoms with Gasteiger partial charge in [-0.1, -0.05) is 66.8 Å². The minimum Gasteiger partial charge on any atom is -0.324 e. The Bertz CT molecular complexity index is 1180. The Kier molecular flexibility index (Phi) is 6.37. The molecule has 0 bridgehead atoms. The first-order valence-electron chi connectivity index (χ1n) is 10.1. The number of thiocarbonyl (C=S) groups is 1. The Labute approximate surface area is 200 Å². The number of carbonyl (C=O) groups is 3. The largest absolute Gasteiger partial charge is 0.324 e. The molecule has 3 amide bonds. The van der Waals surface area contributed by atoms with Gasteiger partial charge < -0.3 is 5.32 Å². The van der Waals surface area contributed by atoms with Crippen LogP contribution in [-0.4, -0.2) is 39.5 Å². The highest BCUT2D eigenvalue weighted by atomic mass is 35.5. The SMILES string of the molecule is CCC(C)N1C(=O)/C(=C2/C(=O)N(CC(=O)Nc3cccc(Cl)c3)c3ccccc32)SC1=S. The Balaban J connectivity index is 1.66. The average Bonchev–Trinajstić information content (AvgIpc) is 3.20. The van der Waals surface area contributed by atoms with E-state index in [0.29, 0.717) is 36.8 Å². The molecule has 1 fully saturated rings. The van der Waals surface area contributed by atoms with Gasteiger partial charge >= 0.3 is 0 Å². The van der Waals surface area contributed by atoms with Gasteiger partial charge in [0.15, 0.2) is 0 Å². The molecule has 2 aliphatic rings. The molecular formula is C23H20ClN3O3S2. The number of carbonyl (C=O) groups excluding carboxylic acids is 3. The number of benzene rings is 2. The molecule has 0 aliphatic carbocycles. The lowest BCUT2D eigenvalue weighted by atomic mass is 10.1. The van der Waals surface area contributed by atoms with E-state index in [1.165, 1.54) is 4.90 Å². The van der Waals surface area contributed by atoms with Gasteiger partial charge in [0.05, 0.1) is 16.2 Å². The first kappa shape index (κ1) is 22.5. The fraction of sp³-hybridized carbons (Fsp3) is 0.217. The maximum Gasteiger partial charge on any atom is 0.267 e. The summed E-state index contributed by atoms with van der Waals surface area (Å²) in [6.07, 6.45) is 0.745. The van der Waals surface area contributed by atoms with Gasteiger partial charge in [0.1, 0.15) is 10.9 Å². The van der Waals surface area contributed by atoms with Crippen LogP contribution in [0.15, 0.2) is 53.4 Å². The van der Waals surface area contributed by atoms with E-state index in [1.54, 1.807) is 53.4 Å². The number of thioether (sulfide) groups is 1. The summed E-state index contributed by atoms with van der Waals surface area (Å²) in [5.74, 6) is -1.03. The summed E-state index contributed by atoms with van der Waals surface area (Å²) in [6.45, 7) is 3.71. The van der Waals surface area contributed by atoms with Crippen LogP contribution in [0.4, 0.5) is 11.4 Å².